The number of rotatable bonds is 7. The lowest BCUT2D eigenvalue weighted by Gasteiger charge is -2.28. The molecule has 34 heavy (non-hydrogen) atoms. The minimum Gasteiger partial charge on any atom is -0.458 e. The first-order valence-electron chi connectivity index (χ1n) is 10.5. The molecular formula is C22H27N7O5. The van der Waals surface area contributed by atoms with E-state index in [4.69, 9.17) is 20.7 Å². The van der Waals surface area contributed by atoms with Crippen LogP contribution in [0, 0.1) is 5.41 Å². The van der Waals surface area contributed by atoms with Crippen molar-refractivity contribution in [3.8, 4) is 0 Å². The van der Waals surface area contributed by atoms with Crippen molar-refractivity contribution < 1.29 is 23.9 Å². The van der Waals surface area contributed by atoms with Gasteiger partial charge in [-0.25, -0.2) is 29.1 Å². The summed E-state index contributed by atoms with van der Waals surface area (Å²) in [7, 11) is 0. The normalized spacial score (nSPS) is 12.5. The Hall–Kier alpha value is -3.90. The van der Waals surface area contributed by atoms with Gasteiger partial charge in [-0.15, -0.1) is 0 Å². The fourth-order valence-electron chi connectivity index (χ4n) is 3.09. The van der Waals surface area contributed by atoms with Crippen molar-refractivity contribution in [1.82, 2.24) is 24.5 Å². The molecule has 0 spiro atoms. The Morgan fingerprint density at radius 2 is 1.91 bits per heavy atom. The molecule has 0 saturated carbocycles. The Morgan fingerprint density at radius 1 is 1.24 bits per heavy atom. The SMILES string of the molecule is CCN(N)C(C(=O)OC(C)(C)C)C(=O)n1c(C(=O)OCc2ccccc2)nc2nc[nH]c2c1=N. The standard InChI is InChI=1S/C22H27N7O5/c1-5-28(24)15(20(31)34-22(2,3)4)19(30)29-16(23)14-17(26-12-25-14)27-18(29)21(32)33-11-13-9-7-6-8-10-13/h6-10,12,15,23H,5,11,24H2,1-4H3,(H,25,26). The van der Waals surface area contributed by atoms with Gasteiger partial charge in [0.2, 0.25) is 11.9 Å². The summed E-state index contributed by atoms with van der Waals surface area (Å²) in [4.78, 5) is 50.3. The van der Waals surface area contributed by atoms with Crippen LogP contribution >= 0.6 is 0 Å². The van der Waals surface area contributed by atoms with E-state index in [2.05, 4.69) is 15.0 Å². The highest BCUT2D eigenvalue weighted by Gasteiger charge is 2.38. The van der Waals surface area contributed by atoms with Crippen molar-refractivity contribution in [1.29, 1.82) is 5.41 Å². The summed E-state index contributed by atoms with van der Waals surface area (Å²) in [5, 5.41) is 9.51. The number of imidazole rings is 1. The number of likely N-dealkylation sites (N-methyl/N-ethyl adjacent to an activating group) is 1. The summed E-state index contributed by atoms with van der Waals surface area (Å²) in [6.07, 6.45) is 1.27. The molecule has 0 aliphatic carbocycles. The first-order valence-corrected chi connectivity index (χ1v) is 10.5. The predicted molar refractivity (Wildman–Crippen MR) is 120 cm³/mol. The maximum absolute atomic E-state index is 13.6. The third-order valence-corrected chi connectivity index (χ3v) is 4.68. The molecule has 0 aliphatic heterocycles. The fraction of sp³-hybridized carbons (Fsp3) is 0.364. The van der Waals surface area contributed by atoms with Crippen molar-refractivity contribution in [2.75, 3.05) is 6.54 Å². The highest BCUT2D eigenvalue weighted by atomic mass is 16.6. The van der Waals surface area contributed by atoms with Crippen molar-refractivity contribution in [2.24, 2.45) is 5.84 Å². The van der Waals surface area contributed by atoms with E-state index in [1.807, 2.05) is 6.07 Å². The quantitative estimate of drug-likeness (QED) is 0.199. The van der Waals surface area contributed by atoms with Crippen LogP contribution in [0.3, 0.4) is 0 Å². The maximum Gasteiger partial charge on any atom is 0.375 e. The van der Waals surface area contributed by atoms with Gasteiger partial charge in [0.25, 0.3) is 5.91 Å². The van der Waals surface area contributed by atoms with Crippen LogP contribution < -0.4 is 11.3 Å². The van der Waals surface area contributed by atoms with Gasteiger partial charge in [-0.2, -0.15) is 0 Å². The third-order valence-electron chi connectivity index (χ3n) is 4.68. The van der Waals surface area contributed by atoms with Crippen LogP contribution in [-0.4, -0.2) is 60.6 Å². The molecule has 0 fully saturated rings. The van der Waals surface area contributed by atoms with Gasteiger partial charge >= 0.3 is 11.9 Å². The molecule has 12 nitrogen and oxygen atoms in total. The highest BCUT2D eigenvalue weighted by Crippen LogP contribution is 2.14. The summed E-state index contributed by atoms with van der Waals surface area (Å²) in [6, 6.07) is 7.28. The number of hydrogen-bond acceptors (Lipinski definition) is 10. The zero-order chi connectivity index (χ0) is 25.0. The second kappa shape index (κ2) is 9.93. The summed E-state index contributed by atoms with van der Waals surface area (Å²) < 4.78 is 11.4. The van der Waals surface area contributed by atoms with Crippen molar-refractivity contribution in [3.63, 3.8) is 0 Å². The molecule has 0 radical (unpaired) electrons. The van der Waals surface area contributed by atoms with E-state index in [1.165, 1.54) is 6.33 Å². The number of nitrogens with two attached hydrogens (primary N) is 1. The van der Waals surface area contributed by atoms with Crippen LogP contribution in [-0.2, 0) is 20.9 Å². The zero-order valence-corrected chi connectivity index (χ0v) is 19.4. The van der Waals surface area contributed by atoms with Crippen LogP contribution in [0.4, 0.5) is 0 Å². The Labute approximate surface area is 195 Å². The second-order valence-corrected chi connectivity index (χ2v) is 8.39. The number of benzene rings is 1. The van der Waals surface area contributed by atoms with E-state index in [-0.39, 0.29) is 24.3 Å². The molecule has 0 aliphatic rings. The topological polar surface area (TPSA) is 169 Å². The van der Waals surface area contributed by atoms with Crippen molar-refractivity contribution in [3.05, 3.63) is 53.5 Å². The second-order valence-electron chi connectivity index (χ2n) is 8.39. The van der Waals surface area contributed by atoms with E-state index in [0.29, 0.717) is 10.1 Å². The number of fused-ring (bicyclic) bond motifs is 1. The Morgan fingerprint density at radius 3 is 2.53 bits per heavy atom. The molecule has 12 heteroatoms. The van der Waals surface area contributed by atoms with Gasteiger partial charge in [0, 0.05) is 6.54 Å². The smallest absolute Gasteiger partial charge is 0.375 e. The molecule has 0 amide bonds. The van der Waals surface area contributed by atoms with E-state index < -0.39 is 40.8 Å². The molecule has 1 atom stereocenters. The van der Waals surface area contributed by atoms with Gasteiger partial charge in [0.15, 0.2) is 11.1 Å². The average Bonchev–Trinajstić information content (AvgIpc) is 3.26. The van der Waals surface area contributed by atoms with Gasteiger partial charge in [-0.05, 0) is 26.3 Å². The van der Waals surface area contributed by atoms with Crippen LogP contribution in [0.25, 0.3) is 11.2 Å². The molecule has 1 unspecified atom stereocenters. The molecule has 0 saturated heterocycles. The zero-order valence-electron chi connectivity index (χ0n) is 19.4. The van der Waals surface area contributed by atoms with E-state index in [9.17, 15) is 14.4 Å². The highest BCUT2D eigenvalue weighted by molar-refractivity contribution is 6.05. The van der Waals surface area contributed by atoms with Gasteiger partial charge < -0.3 is 14.5 Å². The number of hydrazine groups is 1. The average molecular weight is 470 g/mol. The van der Waals surface area contributed by atoms with Gasteiger partial charge in [-0.3, -0.25) is 16.0 Å². The number of carbonyl (C=O) groups is 3. The number of carbonyl (C=O) groups excluding carboxylic acids is 3. The minimum absolute atomic E-state index is 0.0367. The summed E-state index contributed by atoms with van der Waals surface area (Å²) in [5.41, 5.74) is -0.490. The molecular weight excluding hydrogens is 442 g/mol. The van der Waals surface area contributed by atoms with Crippen LogP contribution in [0.1, 0.15) is 48.7 Å². The molecule has 3 rings (SSSR count). The van der Waals surface area contributed by atoms with Gasteiger partial charge in [0.05, 0.1) is 6.33 Å². The Balaban J connectivity index is 2.07. The molecule has 180 valence electrons. The Kier molecular flexibility index (Phi) is 7.23. The first kappa shape index (κ1) is 24.7. The van der Waals surface area contributed by atoms with Gasteiger partial charge in [0.1, 0.15) is 17.7 Å². The number of esters is 2. The van der Waals surface area contributed by atoms with Crippen LogP contribution in [0.15, 0.2) is 36.7 Å². The predicted octanol–water partition coefficient (Wildman–Crippen LogP) is 1.14. The lowest BCUT2D eigenvalue weighted by molar-refractivity contribution is -0.159. The number of H-pyrrole nitrogens is 1. The lowest BCUT2D eigenvalue weighted by atomic mass is 10.1. The van der Waals surface area contributed by atoms with Crippen molar-refractivity contribution >= 4 is 29.0 Å². The summed E-state index contributed by atoms with van der Waals surface area (Å²) >= 11 is 0. The van der Waals surface area contributed by atoms with Gasteiger partial charge in [-0.1, -0.05) is 37.3 Å². The summed E-state index contributed by atoms with van der Waals surface area (Å²) in [5.74, 6) is 2.56. The molecule has 0 bridgehead atoms. The molecule has 4 N–H and O–H groups in total. The van der Waals surface area contributed by atoms with Crippen LogP contribution in [0.5, 0.6) is 0 Å². The number of nitrogens with zero attached hydrogens (tertiary/aromatic N) is 4. The van der Waals surface area contributed by atoms with E-state index >= 15 is 0 Å². The number of aromatic nitrogens is 4. The van der Waals surface area contributed by atoms with Crippen LogP contribution in [0.2, 0.25) is 0 Å². The fourth-order valence-corrected chi connectivity index (χ4v) is 3.09. The maximum atomic E-state index is 13.6. The Bertz CT molecular complexity index is 1260. The number of nitrogens with one attached hydrogen (secondary N) is 2. The van der Waals surface area contributed by atoms with E-state index in [0.717, 1.165) is 5.01 Å². The first-order chi connectivity index (χ1) is 16.0. The number of ether oxygens (including phenoxy) is 2. The number of aromatic amines is 1. The third kappa shape index (κ3) is 5.35. The summed E-state index contributed by atoms with van der Waals surface area (Å²) in [6.45, 7) is 6.60. The molecule has 1 aromatic carbocycles. The van der Waals surface area contributed by atoms with Crippen molar-refractivity contribution in [2.45, 2.75) is 45.9 Å². The minimum atomic E-state index is -1.64. The van der Waals surface area contributed by atoms with E-state index in [1.54, 1.807) is 52.0 Å². The monoisotopic (exact) mass is 469 g/mol. The molecule has 3 aromatic rings. The molecule has 2 aromatic heterocycles. The lowest BCUT2D eigenvalue weighted by Crippen LogP contribution is -2.56. The molecule has 2 heterocycles. The number of hydrogen-bond donors (Lipinski definition) is 3. The largest absolute Gasteiger partial charge is 0.458 e.